The molecule has 1 amide bonds. The highest BCUT2D eigenvalue weighted by molar-refractivity contribution is 7.21. The molecule has 0 saturated heterocycles. The summed E-state index contributed by atoms with van der Waals surface area (Å²) in [6, 6.07) is 21.1. The van der Waals surface area contributed by atoms with Crippen molar-refractivity contribution in [1.82, 2.24) is 4.98 Å². The minimum absolute atomic E-state index is 0.127. The fraction of sp³-hybridized carbons (Fsp3) is 0.0476. The van der Waals surface area contributed by atoms with Crippen LogP contribution >= 0.6 is 11.3 Å². The topological polar surface area (TPSA) is 51.2 Å². The number of aromatic nitrogens is 1. The first-order valence-electron chi connectivity index (χ1n) is 8.32. The van der Waals surface area contributed by atoms with Gasteiger partial charge in [0.25, 0.3) is 5.91 Å². The van der Waals surface area contributed by atoms with E-state index in [9.17, 15) is 9.18 Å². The lowest BCUT2D eigenvalue weighted by molar-refractivity contribution is -0.118. The van der Waals surface area contributed by atoms with E-state index in [1.54, 1.807) is 11.3 Å². The highest BCUT2D eigenvalue weighted by atomic mass is 32.1. The number of thiazole rings is 1. The van der Waals surface area contributed by atoms with Crippen molar-refractivity contribution in [1.29, 1.82) is 0 Å². The zero-order valence-electron chi connectivity index (χ0n) is 14.2. The summed E-state index contributed by atoms with van der Waals surface area (Å²) in [5.41, 5.74) is 2.51. The molecule has 0 saturated carbocycles. The van der Waals surface area contributed by atoms with Gasteiger partial charge in [-0.3, -0.25) is 4.79 Å². The lowest BCUT2D eigenvalue weighted by atomic mass is 10.2. The van der Waals surface area contributed by atoms with Gasteiger partial charge in [-0.05, 0) is 60.7 Å². The maximum absolute atomic E-state index is 12.9. The molecule has 0 fully saturated rings. The standard InChI is InChI=1S/C21H15FN2O2S/c22-15-7-9-16(10-8-15)23-20(25)13-26-17-11-5-14(6-12-17)21-24-18-3-1-2-4-19(18)27-21/h1-12H,13H2,(H,23,25). The number of para-hydroxylation sites is 1. The van der Waals surface area contributed by atoms with Crippen LogP contribution in [0.4, 0.5) is 10.1 Å². The third-order valence-electron chi connectivity index (χ3n) is 3.89. The summed E-state index contributed by atoms with van der Waals surface area (Å²) >= 11 is 1.63. The van der Waals surface area contributed by atoms with E-state index in [1.165, 1.54) is 24.3 Å². The Labute approximate surface area is 159 Å². The van der Waals surface area contributed by atoms with Crippen LogP contribution in [0.1, 0.15) is 0 Å². The molecule has 27 heavy (non-hydrogen) atoms. The van der Waals surface area contributed by atoms with Gasteiger partial charge in [0.15, 0.2) is 6.61 Å². The lowest BCUT2D eigenvalue weighted by Gasteiger charge is -2.08. The lowest BCUT2D eigenvalue weighted by Crippen LogP contribution is -2.20. The number of hydrogen-bond acceptors (Lipinski definition) is 4. The van der Waals surface area contributed by atoms with Crippen molar-refractivity contribution in [3.63, 3.8) is 0 Å². The number of carbonyl (C=O) groups excluding carboxylic acids is 1. The molecule has 0 aliphatic heterocycles. The highest BCUT2D eigenvalue weighted by Crippen LogP contribution is 2.30. The molecular formula is C21H15FN2O2S. The van der Waals surface area contributed by atoms with Gasteiger partial charge >= 0.3 is 0 Å². The van der Waals surface area contributed by atoms with Gasteiger partial charge in [-0.15, -0.1) is 11.3 Å². The Morgan fingerprint density at radius 3 is 2.48 bits per heavy atom. The number of carbonyl (C=O) groups is 1. The molecule has 1 aromatic heterocycles. The van der Waals surface area contributed by atoms with Crippen molar-refractivity contribution < 1.29 is 13.9 Å². The third kappa shape index (κ3) is 4.12. The Morgan fingerprint density at radius 2 is 1.74 bits per heavy atom. The Balaban J connectivity index is 1.37. The van der Waals surface area contributed by atoms with Gasteiger partial charge in [-0.1, -0.05) is 12.1 Å². The summed E-state index contributed by atoms with van der Waals surface area (Å²) in [6.45, 7) is -0.127. The Hall–Kier alpha value is -3.25. The average molecular weight is 378 g/mol. The molecule has 1 N–H and O–H groups in total. The maximum Gasteiger partial charge on any atom is 0.262 e. The number of hydrogen-bond donors (Lipinski definition) is 1. The second-order valence-corrected chi connectivity index (χ2v) is 6.89. The van der Waals surface area contributed by atoms with Gasteiger partial charge < -0.3 is 10.1 Å². The van der Waals surface area contributed by atoms with Crippen LogP contribution in [0.5, 0.6) is 5.75 Å². The van der Waals surface area contributed by atoms with Gasteiger partial charge in [0.1, 0.15) is 16.6 Å². The van der Waals surface area contributed by atoms with Gasteiger partial charge in [-0.25, -0.2) is 9.37 Å². The van der Waals surface area contributed by atoms with Crippen LogP contribution in [-0.4, -0.2) is 17.5 Å². The zero-order valence-corrected chi connectivity index (χ0v) is 15.0. The molecule has 0 radical (unpaired) electrons. The average Bonchev–Trinajstić information content (AvgIpc) is 3.13. The first-order valence-corrected chi connectivity index (χ1v) is 9.13. The number of fused-ring (bicyclic) bond motifs is 1. The first kappa shape index (κ1) is 17.2. The van der Waals surface area contributed by atoms with Crippen LogP contribution in [0.25, 0.3) is 20.8 Å². The molecule has 0 aliphatic rings. The van der Waals surface area contributed by atoms with Crippen molar-refractivity contribution in [3.8, 4) is 16.3 Å². The molecule has 1 heterocycles. The number of anilines is 1. The Kier molecular flexibility index (Phi) is 4.80. The first-order chi connectivity index (χ1) is 13.2. The number of rotatable bonds is 5. The molecule has 0 spiro atoms. The largest absolute Gasteiger partial charge is 0.484 e. The van der Waals surface area contributed by atoms with Gasteiger partial charge in [0, 0.05) is 11.3 Å². The van der Waals surface area contributed by atoms with E-state index in [0.29, 0.717) is 11.4 Å². The van der Waals surface area contributed by atoms with Crippen LogP contribution in [0.3, 0.4) is 0 Å². The van der Waals surface area contributed by atoms with E-state index in [2.05, 4.69) is 10.3 Å². The van der Waals surface area contributed by atoms with Gasteiger partial charge in [-0.2, -0.15) is 0 Å². The number of ether oxygens (including phenoxy) is 1. The fourth-order valence-electron chi connectivity index (χ4n) is 2.57. The van der Waals surface area contributed by atoms with Crippen LogP contribution in [0, 0.1) is 5.82 Å². The van der Waals surface area contributed by atoms with E-state index in [-0.39, 0.29) is 18.3 Å². The smallest absolute Gasteiger partial charge is 0.262 e. The molecule has 0 aliphatic carbocycles. The predicted octanol–water partition coefficient (Wildman–Crippen LogP) is 5.12. The molecule has 134 valence electrons. The second kappa shape index (κ2) is 7.55. The summed E-state index contributed by atoms with van der Waals surface area (Å²) in [4.78, 5) is 16.5. The van der Waals surface area contributed by atoms with E-state index in [0.717, 1.165) is 20.8 Å². The SMILES string of the molecule is O=C(COc1ccc(-c2nc3ccccc3s2)cc1)Nc1ccc(F)cc1. The summed E-state index contributed by atoms with van der Waals surface area (Å²) in [5, 5.41) is 3.59. The van der Waals surface area contributed by atoms with Crippen molar-refractivity contribution >= 4 is 33.1 Å². The summed E-state index contributed by atoms with van der Waals surface area (Å²) < 4.78 is 19.5. The molecule has 6 heteroatoms. The Morgan fingerprint density at radius 1 is 1.00 bits per heavy atom. The number of nitrogens with zero attached hydrogens (tertiary/aromatic N) is 1. The van der Waals surface area contributed by atoms with Gasteiger partial charge in [0.2, 0.25) is 0 Å². The Bertz CT molecular complexity index is 1040. The molecule has 0 unspecified atom stereocenters. The minimum Gasteiger partial charge on any atom is -0.484 e. The summed E-state index contributed by atoms with van der Waals surface area (Å²) in [5.74, 6) is -0.0663. The maximum atomic E-state index is 12.9. The number of amides is 1. The van der Waals surface area contributed by atoms with Crippen molar-refractivity contribution in [2.24, 2.45) is 0 Å². The van der Waals surface area contributed by atoms with Crippen molar-refractivity contribution in [2.75, 3.05) is 11.9 Å². The van der Waals surface area contributed by atoms with Crippen molar-refractivity contribution in [3.05, 3.63) is 78.6 Å². The zero-order chi connectivity index (χ0) is 18.6. The number of benzene rings is 3. The van der Waals surface area contributed by atoms with Crippen LogP contribution in [0.15, 0.2) is 72.8 Å². The van der Waals surface area contributed by atoms with Crippen LogP contribution < -0.4 is 10.1 Å². The van der Waals surface area contributed by atoms with E-state index >= 15 is 0 Å². The summed E-state index contributed by atoms with van der Waals surface area (Å²) in [6.07, 6.45) is 0. The monoisotopic (exact) mass is 378 g/mol. The third-order valence-corrected chi connectivity index (χ3v) is 4.98. The van der Waals surface area contributed by atoms with Crippen LogP contribution in [0.2, 0.25) is 0 Å². The van der Waals surface area contributed by atoms with E-state index < -0.39 is 0 Å². The fourth-order valence-corrected chi connectivity index (χ4v) is 3.54. The molecule has 4 rings (SSSR count). The normalized spacial score (nSPS) is 10.7. The van der Waals surface area contributed by atoms with Gasteiger partial charge in [0.05, 0.1) is 10.2 Å². The number of halogens is 1. The molecule has 4 aromatic rings. The van der Waals surface area contributed by atoms with E-state index in [1.807, 2.05) is 48.5 Å². The summed E-state index contributed by atoms with van der Waals surface area (Å²) in [7, 11) is 0. The molecule has 3 aromatic carbocycles. The van der Waals surface area contributed by atoms with Crippen molar-refractivity contribution in [2.45, 2.75) is 0 Å². The highest BCUT2D eigenvalue weighted by Gasteiger charge is 2.07. The molecular weight excluding hydrogens is 363 g/mol. The minimum atomic E-state index is -0.350. The number of nitrogens with one attached hydrogen (secondary N) is 1. The molecule has 4 nitrogen and oxygen atoms in total. The quantitative estimate of drug-likeness (QED) is 0.524. The predicted molar refractivity (Wildman–Crippen MR) is 106 cm³/mol. The molecule has 0 bridgehead atoms. The van der Waals surface area contributed by atoms with E-state index in [4.69, 9.17) is 4.74 Å². The molecule has 0 atom stereocenters. The second-order valence-electron chi connectivity index (χ2n) is 5.85. The van der Waals surface area contributed by atoms with Crippen LogP contribution in [-0.2, 0) is 4.79 Å².